The number of morpholine rings is 1. The standard InChI is InChI=1S/C19H25N5O3/c1-13(14-2-4-16(5-3-14)23-6-8-27-9-7-23)20-19(26)24-11-15(12-24)17-10-18(25)22-21-17/h2-5,10,13,15H,6-9,11-12H2,1H3,(H,20,26)(H2,21,22,25). The summed E-state index contributed by atoms with van der Waals surface area (Å²) in [5.41, 5.74) is 2.98. The summed E-state index contributed by atoms with van der Waals surface area (Å²) in [6, 6.07) is 9.75. The predicted octanol–water partition coefficient (Wildman–Crippen LogP) is 1.41. The van der Waals surface area contributed by atoms with Gasteiger partial charge in [0.15, 0.2) is 0 Å². The Morgan fingerprint density at radius 1 is 1.19 bits per heavy atom. The van der Waals surface area contributed by atoms with Crippen LogP contribution < -0.4 is 15.8 Å². The molecule has 0 bridgehead atoms. The van der Waals surface area contributed by atoms with Gasteiger partial charge in [0.05, 0.1) is 19.3 Å². The number of H-pyrrole nitrogens is 2. The first-order valence-corrected chi connectivity index (χ1v) is 9.36. The van der Waals surface area contributed by atoms with Gasteiger partial charge in [0.25, 0.3) is 5.56 Å². The Bertz CT molecular complexity index is 832. The molecule has 1 unspecified atom stereocenters. The lowest BCUT2D eigenvalue weighted by Crippen LogP contribution is -2.53. The van der Waals surface area contributed by atoms with E-state index in [0.29, 0.717) is 13.1 Å². The van der Waals surface area contributed by atoms with Gasteiger partial charge in [-0.15, -0.1) is 0 Å². The molecule has 8 nitrogen and oxygen atoms in total. The molecular weight excluding hydrogens is 346 g/mol. The molecule has 27 heavy (non-hydrogen) atoms. The highest BCUT2D eigenvalue weighted by Gasteiger charge is 2.33. The molecule has 2 saturated heterocycles. The number of hydrogen-bond donors (Lipinski definition) is 3. The number of aromatic nitrogens is 2. The van der Waals surface area contributed by atoms with Gasteiger partial charge in [-0.3, -0.25) is 9.89 Å². The molecule has 2 fully saturated rings. The zero-order valence-corrected chi connectivity index (χ0v) is 15.4. The molecule has 1 aromatic carbocycles. The Kier molecular flexibility index (Phi) is 4.89. The van der Waals surface area contributed by atoms with Crippen molar-refractivity contribution in [1.82, 2.24) is 20.4 Å². The average Bonchev–Trinajstić information content (AvgIpc) is 3.07. The minimum Gasteiger partial charge on any atom is -0.378 e. The summed E-state index contributed by atoms with van der Waals surface area (Å²) < 4.78 is 5.39. The number of ether oxygens (including phenoxy) is 1. The molecule has 144 valence electrons. The third-order valence-electron chi connectivity index (χ3n) is 5.33. The lowest BCUT2D eigenvalue weighted by atomic mass is 9.97. The van der Waals surface area contributed by atoms with Crippen molar-refractivity contribution in [2.75, 3.05) is 44.3 Å². The molecule has 3 N–H and O–H groups in total. The number of hydrogen-bond acceptors (Lipinski definition) is 4. The number of carbonyl (C=O) groups excluding carboxylic acids is 1. The zero-order valence-electron chi connectivity index (χ0n) is 15.4. The van der Waals surface area contributed by atoms with Gasteiger partial charge in [-0.2, -0.15) is 0 Å². The summed E-state index contributed by atoms with van der Waals surface area (Å²) in [5, 5.41) is 8.44. The summed E-state index contributed by atoms with van der Waals surface area (Å²) in [6.45, 7) is 6.57. The van der Waals surface area contributed by atoms with Crippen molar-refractivity contribution in [2.45, 2.75) is 18.9 Å². The van der Waals surface area contributed by atoms with E-state index in [1.165, 1.54) is 5.69 Å². The number of nitrogens with zero attached hydrogens (tertiary/aromatic N) is 2. The lowest BCUT2D eigenvalue weighted by Gasteiger charge is -2.39. The predicted molar refractivity (Wildman–Crippen MR) is 102 cm³/mol. The smallest absolute Gasteiger partial charge is 0.317 e. The molecule has 2 aliphatic heterocycles. The number of nitrogens with one attached hydrogen (secondary N) is 3. The number of carbonyl (C=O) groups is 1. The van der Waals surface area contributed by atoms with E-state index in [0.717, 1.165) is 37.6 Å². The quantitative estimate of drug-likeness (QED) is 0.758. The molecule has 4 rings (SSSR count). The first-order valence-electron chi connectivity index (χ1n) is 9.36. The molecule has 3 heterocycles. The van der Waals surface area contributed by atoms with Crippen LogP contribution in [0.1, 0.15) is 30.1 Å². The molecule has 2 amide bonds. The lowest BCUT2D eigenvalue weighted by molar-refractivity contribution is 0.122. The van der Waals surface area contributed by atoms with Gasteiger partial charge in [-0.25, -0.2) is 4.79 Å². The molecule has 2 aliphatic rings. The van der Waals surface area contributed by atoms with Crippen LogP contribution in [-0.2, 0) is 4.74 Å². The minimum atomic E-state index is -0.137. The third-order valence-corrected chi connectivity index (χ3v) is 5.33. The van der Waals surface area contributed by atoms with Gasteiger partial charge in [0.2, 0.25) is 0 Å². The summed E-state index contributed by atoms with van der Waals surface area (Å²) in [7, 11) is 0. The monoisotopic (exact) mass is 371 g/mol. The van der Waals surface area contributed by atoms with Crippen LogP contribution in [-0.4, -0.2) is 60.5 Å². The molecule has 0 aliphatic carbocycles. The molecule has 1 atom stereocenters. The normalized spacial score (nSPS) is 18.9. The first-order chi connectivity index (χ1) is 13.1. The summed E-state index contributed by atoms with van der Waals surface area (Å²) in [6.07, 6.45) is 0. The van der Waals surface area contributed by atoms with Crippen molar-refractivity contribution >= 4 is 11.7 Å². The van der Waals surface area contributed by atoms with Gasteiger partial charge in [-0.05, 0) is 24.6 Å². The molecule has 2 aromatic rings. The van der Waals surface area contributed by atoms with E-state index in [1.807, 2.05) is 6.92 Å². The van der Waals surface area contributed by atoms with Crippen molar-refractivity contribution in [3.05, 3.63) is 51.9 Å². The van der Waals surface area contributed by atoms with Crippen LogP contribution in [0.15, 0.2) is 35.1 Å². The number of likely N-dealkylation sites (tertiary alicyclic amines) is 1. The van der Waals surface area contributed by atoms with Crippen LogP contribution in [0.2, 0.25) is 0 Å². The summed E-state index contributed by atoms with van der Waals surface area (Å²) in [5.74, 6) is 0.192. The van der Waals surface area contributed by atoms with Gasteiger partial charge < -0.3 is 25.0 Å². The Hall–Kier alpha value is -2.74. The van der Waals surface area contributed by atoms with Crippen molar-refractivity contribution < 1.29 is 9.53 Å². The second kappa shape index (κ2) is 7.48. The van der Waals surface area contributed by atoms with E-state index in [9.17, 15) is 9.59 Å². The van der Waals surface area contributed by atoms with E-state index >= 15 is 0 Å². The topological polar surface area (TPSA) is 93.5 Å². The van der Waals surface area contributed by atoms with Crippen LogP contribution in [0.3, 0.4) is 0 Å². The second-order valence-corrected chi connectivity index (χ2v) is 7.18. The number of anilines is 1. The average molecular weight is 371 g/mol. The number of benzene rings is 1. The maximum atomic E-state index is 12.4. The first kappa shape index (κ1) is 17.7. The molecular formula is C19H25N5O3. The largest absolute Gasteiger partial charge is 0.378 e. The molecule has 0 spiro atoms. The maximum Gasteiger partial charge on any atom is 0.317 e. The highest BCUT2D eigenvalue weighted by molar-refractivity contribution is 5.76. The zero-order chi connectivity index (χ0) is 18.8. The van der Waals surface area contributed by atoms with Crippen LogP contribution in [0.4, 0.5) is 10.5 Å². The van der Waals surface area contributed by atoms with E-state index in [1.54, 1.807) is 11.0 Å². The van der Waals surface area contributed by atoms with E-state index in [4.69, 9.17) is 4.74 Å². The summed E-state index contributed by atoms with van der Waals surface area (Å²) in [4.78, 5) is 27.7. The number of aromatic amines is 2. The van der Waals surface area contributed by atoms with Crippen molar-refractivity contribution in [2.24, 2.45) is 0 Å². The Morgan fingerprint density at radius 3 is 2.52 bits per heavy atom. The SMILES string of the molecule is CC(NC(=O)N1CC(c2cc(=O)[nH][nH]2)C1)c1ccc(N2CCOCC2)cc1. The number of amides is 2. The van der Waals surface area contributed by atoms with Gasteiger partial charge in [0.1, 0.15) is 0 Å². The minimum absolute atomic E-state index is 0.0673. The highest BCUT2D eigenvalue weighted by atomic mass is 16.5. The van der Waals surface area contributed by atoms with Gasteiger partial charge in [-0.1, -0.05) is 12.1 Å². The van der Waals surface area contributed by atoms with Crippen LogP contribution >= 0.6 is 0 Å². The van der Waals surface area contributed by atoms with Crippen molar-refractivity contribution in [3.63, 3.8) is 0 Å². The van der Waals surface area contributed by atoms with Crippen LogP contribution in [0.25, 0.3) is 0 Å². The van der Waals surface area contributed by atoms with E-state index < -0.39 is 0 Å². The van der Waals surface area contributed by atoms with Crippen molar-refractivity contribution in [1.29, 1.82) is 0 Å². The van der Waals surface area contributed by atoms with E-state index in [-0.39, 0.29) is 23.6 Å². The fraction of sp³-hybridized carbons (Fsp3) is 0.474. The van der Waals surface area contributed by atoms with E-state index in [2.05, 4.69) is 44.7 Å². The number of rotatable bonds is 4. The molecule has 0 radical (unpaired) electrons. The Balaban J connectivity index is 1.29. The van der Waals surface area contributed by atoms with Crippen molar-refractivity contribution in [3.8, 4) is 0 Å². The molecule has 8 heteroatoms. The fourth-order valence-corrected chi connectivity index (χ4v) is 3.56. The molecule has 1 aromatic heterocycles. The van der Waals surface area contributed by atoms with Gasteiger partial charge in [0, 0.05) is 49.5 Å². The van der Waals surface area contributed by atoms with Crippen LogP contribution in [0.5, 0.6) is 0 Å². The fourth-order valence-electron chi connectivity index (χ4n) is 3.56. The Morgan fingerprint density at radius 2 is 1.89 bits per heavy atom. The maximum absolute atomic E-state index is 12.4. The molecule has 0 saturated carbocycles. The third kappa shape index (κ3) is 3.85. The number of urea groups is 1. The summed E-state index contributed by atoms with van der Waals surface area (Å²) >= 11 is 0. The van der Waals surface area contributed by atoms with Gasteiger partial charge >= 0.3 is 6.03 Å². The Labute approximate surface area is 157 Å². The highest BCUT2D eigenvalue weighted by Crippen LogP contribution is 2.25. The van der Waals surface area contributed by atoms with Crippen LogP contribution in [0, 0.1) is 0 Å². The second-order valence-electron chi connectivity index (χ2n) is 7.18.